The van der Waals surface area contributed by atoms with Crippen molar-refractivity contribution in [2.24, 2.45) is 0 Å². The average molecular weight is 577 g/mol. The molecule has 2 aromatic rings. The van der Waals surface area contributed by atoms with Crippen molar-refractivity contribution < 1.29 is 37.0 Å². The van der Waals surface area contributed by atoms with Crippen LogP contribution in [-0.2, 0) is 27.4 Å². The monoisotopic (exact) mass is 576 g/mol. The van der Waals surface area contributed by atoms with Gasteiger partial charge in [0.05, 0.1) is 13.0 Å². The molecule has 0 N–H and O–H groups in total. The van der Waals surface area contributed by atoms with E-state index in [0.717, 1.165) is 11.1 Å². The second-order valence-corrected chi connectivity index (χ2v) is 15.8. The Kier molecular flexibility index (Phi) is 11.6. The molecule has 0 atom stereocenters. The first-order valence-electron chi connectivity index (χ1n) is 12.9. The number of ether oxygens (including phenoxy) is 1. The number of rotatable bonds is 14. The largest absolute Gasteiger partial charge is 0.500 e. The molecule has 0 fully saturated rings. The van der Waals surface area contributed by atoms with E-state index in [0.29, 0.717) is 34.7 Å². The van der Waals surface area contributed by atoms with Crippen molar-refractivity contribution in [2.45, 2.75) is 60.4 Å². The molecule has 0 saturated carbocycles. The van der Waals surface area contributed by atoms with E-state index in [1.807, 2.05) is 38.1 Å². The first-order chi connectivity index (χ1) is 18.2. The minimum Gasteiger partial charge on any atom is -0.466 e. The molecule has 2 aromatic carbocycles. The lowest BCUT2D eigenvalue weighted by Crippen LogP contribution is -2.42. The summed E-state index contributed by atoms with van der Waals surface area (Å²) in [5.41, 5.74) is 3.61. The molecule has 0 aliphatic carbocycles. The molecule has 0 amide bonds. The van der Waals surface area contributed by atoms with Crippen LogP contribution in [0.15, 0.2) is 24.3 Å². The van der Waals surface area contributed by atoms with Gasteiger partial charge in [0.15, 0.2) is 0 Å². The topological polar surface area (TPSA) is 105 Å². The van der Waals surface area contributed by atoms with Crippen molar-refractivity contribution in [3.8, 4) is 0 Å². The molecule has 0 spiro atoms. The fraction of sp³-hybridized carbons (Fsp3) is 0.483. The Labute approximate surface area is 233 Å². The van der Waals surface area contributed by atoms with Crippen molar-refractivity contribution in [3.05, 3.63) is 68.8 Å². The van der Waals surface area contributed by atoms with Crippen LogP contribution in [0.1, 0.15) is 66.9 Å². The Bertz CT molecular complexity index is 1150. The molecule has 8 nitrogen and oxygen atoms in total. The van der Waals surface area contributed by atoms with E-state index in [4.69, 9.17) is 18.0 Å². The summed E-state index contributed by atoms with van der Waals surface area (Å²) < 4.78 is 36.0. The molecule has 0 heterocycles. The Morgan fingerprint density at radius 2 is 1.10 bits per heavy atom. The zero-order chi connectivity index (χ0) is 29.5. The molecule has 0 saturated heterocycles. The highest BCUT2D eigenvalue weighted by Crippen LogP contribution is 2.54. The number of carbonyl (C=O) groups excluding carboxylic acids is 3. The fourth-order valence-electron chi connectivity index (χ4n) is 5.04. The quantitative estimate of drug-likeness (QED) is 0.115. The molecule has 10 heteroatoms. The van der Waals surface area contributed by atoms with Crippen LogP contribution in [0.5, 0.6) is 0 Å². The van der Waals surface area contributed by atoms with E-state index in [1.54, 1.807) is 27.7 Å². The van der Waals surface area contributed by atoms with Crippen molar-refractivity contribution in [1.29, 1.82) is 0 Å². The van der Waals surface area contributed by atoms with Crippen LogP contribution in [0.4, 0.5) is 0 Å². The van der Waals surface area contributed by atoms with E-state index in [1.165, 1.54) is 21.3 Å². The maximum absolute atomic E-state index is 14.5. The Balaban J connectivity index is 2.34. The van der Waals surface area contributed by atoms with Gasteiger partial charge in [-0.3, -0.25) is 14.4 Å². The molecule has 214 valence electrons. The van der Waals surface area contributed by atoms with Gasteiger partial charge in [-0.15, -0.1) is 0 Å². The summed E-state index contributed by atoms with van der Waals surface area (Å²) in [6.07, 6.45) is -0.299. The SMILES string of the molecule is CO[Si](CCCOC(=O)CCP(=O)(C(=O)c1c(C)cc(C)cc1C)C(=O)c1c(C)cc(C)cc1C)(OC)OC. The third kappa shape index (κ3) is 7.61. The van der Waals surface area contributed by atoms with Crippen LogP contribution in [0.2, 0.25) is 6.04 Å². The molecular formula is C29H41O8PSi. The number of carbonyl (C=O) groups is 3. The maximum atomic E-state index is 14.5. The fourth-order valence-corrected chi connectivity index (χ4v) is 9.25. The van der Waals surface area contributed by atoms with Crippen molar-refractivity contribution >= 4 is 33.0 Å². The second kappa shape index (κ2) is 13.8. The molecule has 0 bridgehead atoms. The second-order valence-electron chi connectivity index (χ2n) is 9.99. The van der Waals surface area contributed by atoms with Crippen LogP contribution in [-0.4, -0.2) is 59.9 Å². The zero-order valence-corrected chi connectivity index (χ0v) is 26.5. The minimum atomic E-state index is -4.25. The standard InChI is InChI=1S/C29H41O8PSi/c1-19-15-21(3)26(22(4)16-19)28(31)38(33,29(32)27-23(5)17-20(2)18-24(27)6)13-11-25(30)37-12-10-14-39(34-7,35-8)36-9/h15-18H,10-14H2,1-9H3. The Morgan fingerprint density at radius 3 is 1.46 bits per heavy atom. The number of benzene rings is 2. The molecular weight excluding hydrogens is 535 g/mol. The molecule has 0 aliphatic rings. The van der Waals surface area contributed by atoms with E-state index >= 15 is 0 Å². The highest BCUT2D eigenvalue weighted by Gasteiger charge is 2.43. The van der Waals surface area contributed by atoms with Crippen molar-refractivity contribution in [2.75, 3.05) is 34.1 Å². The summed E-state index contributed by atoms with van der Waals surface area (Å²) in [6.45, 7) is 11.0. The number of esters is 1. The third-order valence-electron chi connectivity index (χ3n) is 6.89. The van der Waals surface area contributed by atoms with Crippen molar-refractivity contribution in [3.63, 3.8) is 0 Å². The lowest BCUT2D eigenvalue weighted by molar-refractivity contribution is -0.143. The highest BCUT2D eigenvalue weighted by molar-refractivity contribution is 7.95. The van der Waals surface area contributed by atoms with E-state index in [2.05, 4.69) is 0 Å². The summed E-state index contributed by atoms with van der Waals surface area (Å²) in [7, 11) is -2.53. The average Bonchev–Trinajstić information content (AvgIpc) is 2.86. The summed E-state index contributed by atoms with van der Waals surface area (Å²) in [6, 6.07) is 7.76. The van der Waals surface area contributed by atoms with Gasteiger partial charge >= 0.3 is 14.8 Å². The van der Waals surface area contributed by atoms with Gasteiger partial charge in [-0.25, -0.2) is 0 Å². The Morgan fingerprint density at radius 1 is 0.718 bits per heavy atom. The van der Waals surface area contributed by atoms with Gasteiger partial charge in [-0.1, -0.05) is 35.4 Å². The predicted molar refractivity (Wildman–Crippen MR) is 154 cm³/mol. The molecule has 2 rings (SSSR count). The van der Waals surface area contributed by atoms with E-state index in [-0.39, 0.29) is 24.2 Å². The maximum Gasteiger partial charge on any atom is 0.500 e. The van der Waals surface area contributed by atoms with E-state index < -0.39 is 39.1 Å². The predicted octanol–water partition coefficient (Wildman–Crippen LogP) is 6.08. The Hall–Kier alpha value is -2.42. The molecule has 0 radical (unpaired) electrons. The smallest absolute Gasteiger partial charge is 0.466 e. The molecule has 0 aromatic heterocycles. The van der Waals surface area contributed by atoms with Gasteiger partial charge in [-0.05, 0) is 70.2 Å². The highest BCUT2D eigenvalue weighted by atomic mass is 31.2. The normalized spacial score (nSPS) is 11.9. The first-order valence-corrected chi connectivity index (χ1v) is 16.7. The summed E-state index contributed by atoms with van der Waals surface area (Å²) in [5, 5.41) is 0. The van der Waals surface area contributed by atoms with Gasteiger partial charge in [0.25, 0.3) is 0 Å². The lowest BCUT2D eigenvalue weighted by atomic mass is 10.0. The van der Waals surface area contributed by atoms with Crippen molar-refractivity contribution in [1.82, 2.24) is 0 Å². The zero-order valence-electron chi connectivity index (χ0n) is 24.6. The molecule has 0 unspecified atom stereocenters. The number of hydrogen-bond acceptors (Lipinski definition) is 8. The van der Waals surface area contributed by atoms with Crippen LogP contribution in [0.3, 0.4) is 0 Å². The summed E-state index contributed by atoms with van der Waals surface area (Å²) >= 11 is 0. The van der Waals surface area contributed by atoms with Gasteiger partial charge in [0.2, 0.25) is 18.2 Å². The number of hydrogen-bond donors (Lipinski definition) is 0. The lowest BCUT2D eigenvalue weighted by Gasteiger charge is -2.24. The first kappa shape index (κ1) is 32.8. The summed E-state index contributed by atoms with van der Waals surface area (Å²) in [5.74, 6) is -0.634. The molecule has 39 heavy (non-hydrogen) atoms. The van der Waals surface area contributed by atoms with Crippen LogP contribution < -0.4 is 0 Å². The van der Waals surface area contributed by atoms with Crippen LogP contribution in [0, 0.1) is 41.5 Å². The van der Waals surface area contributed by atoms with Crippen LogP contribution >= 0.6 is 7.14 Å². The van der Waals surface area contributed by atoms with E-state index in [9.17, 15) is 18.9 Å². The minimum absolute atomic E-state index is 0.0716. The number of aryl methyl sites for hydroxylation is 6. The van der Waals surface area contributed by atoms with Gasteiger partial charge < -0.3 is 22.6 Å². The van der Waals surface area contributed by atoms with Gasteiger partial charge in [0.1, 0.15) is 0 Å². The third-order valence-corrected chi connectivity index (χ3v) is 12.3. The molecule has 0 aliphatic heterocycles. The van der Waals surface area contributed by atoms with Gasteiger partial charge in [0, 0.05) is 44.7 Å². The van der Waals surface area contributed by atoms with Crippen LogP contribution in [0.25, 0.3) is 0 Å². The summed E-state index contributed by atoms with van der Waals surface area (Å²) in [4.78, 5) is 40.5. The van der Waals surface area contributed by atoms with Gasteiger partial charge in [-0.2, -0.15) is 0 Å².